The van der Waals surface area contributed by atoms with Crippen molar-refractivity contribution in [3.63, 3.8) is 0 Å². The van der Waals surface area contributed by atoms with Gasteiger partial charge in [-0.25, -0.2) is 5.43 Å². The van der Waals surface area contributed by atoms with E-state index in [2.05, 4.69) is 10.5 Å². The fourth-order valence-electron chi connectivity index (χ4n) is 1.31. The lowest BCUT2D eigenvalue weighted by atomic mass is 10.1. The van der Waals surface area contributed by atoms with Gasteiger partial charge in [-0.1, -0.05) is 13.3 Å². The van der Waals surface area contributed by atoms with E-state index >= 15 is 0 Å². The number of phenols is 1. The molecule has 1 amide bonds. The number of rotatable bonds is 5. The van der Waals surface area contributed by atoms with Gasteiger partial charge in [-0.2, -0.15) is 5.10 Å². The van der Waals surface area contributed by atoms with Crippen molar-refractivity contribution in [2.75, 3.05) is 0 Å². The molecule has 0 aliphatic carbocycles. The average molecular weight is 234 g/mol. The molecule has 0 saturated carbocycles. The predicted molar refractivity (Wildman–Crippen MR) is 68.0 cm³/mol. The number of carbonyl (C=O) groups excluding carboxylic acids is 1. The van der Waals surface area contributed by atoms with Crippen LogP contribution in [0.4, 0.5) is 0 Å². The molecule has 0 aliphatic heterocycles. The molecule has 4 nitrogen and oxygen atoms in total. The topological polar surface area (TPSA) is 61.7 Å². The first kappa shape index (κ1) is 13.2. The minimum absolute atomic E-state index is 0.0648. The van der Waals surface area contributed by atoms with E-state index in [9.17, 15) is 4.79 Å². The Morgan fingerprint density at radius 1 is 1.35 bits per heavy atom. The molecule has 0 aliphatic rings. The van der Waals surface area contributed by atoms with E-state index < -0.39 is 0 Å². The lowest BCUT2D eigenvalue weighted by Gasteiger charge is -2.02. The van der Waals surface area contributed by atoms with Gasteiger partial charge in [-0.3, -0.25) is 4.79 Å². The van der Waals surface area contributed by atoms with E-state index in [1.807, 2.05) is 13.8 Å². The highest BCUT2D eigenvalue weighted by Crippen LogP contribution is 2.10. The van der Waals surface area contributed by atoms with E-state index in [1.165, 1.54) is 0 Å². The Morgan fingerprint density at radius 2 is 2.00 bits per heavy atom. The van der Waals surface area contributed by atoms with Crippen LogP contribution in [0, 0.1) is 0 Å². The van der Waals surface area contributed by atoms with E-state index in [1.54, 1.807) is 24.3 Å². The van der Waals surface area contributed by atoms with Crippen molar-refractivity contribution in [1.29, 1.82) is 0 Å². The minimum atomic E-state index is -0.0648. The SMILES string of the molecule is CCCCC(=O)NN=C(C)c1ccc(O)cc1. The molecule has 0 unspecified atom stereocenters. The van der Waals surface area contributed by atoms with Crippen molar-refractivity contribution in [2.24, 2.45) is 5.10 Å². The fraction of sp³-hybridized carbons (Fsp3) is 0.385. The second-order valence-corrected chi connectivity index (χ2v) is 3.88. The molecule has 0 aromatic heterocycles. The third kappa shape index (κ3) is 4.68. The van der Waals surface area contributed by atoms with Gasteiger partial charge in [0.05, 0.1) is 5.71 Å². The van der Waals surface area contributed by atoms with Crippen molar-refractivity contribution < 1.29 is 9.90 Å². The molecule has 1 aromatic carbocycles. The molecule has 0 spiro atoms. The van der Waals surface area contributed by atoms with Gasteiger partial charge in [0.1, 0.15) is 5.75 Å². The Kier molecular flexibility index (Phi) is 5.20. The molecule has 0 atom stereocenters. The van der Waals surface area contributed by atoms with Crippen LogP contribution >= 0.6 is 0 Å². The summed E-state index contributed by atoms with van der Waals surface area (Å²) in [5.74, 6) is 0.151. The lowest BCUT2D eigenvalue weighted by molar-refractivity contribution is -0.121. The number of benzene rings is 1. The van der Waals surface area contributed by atoms with Crippen LogP contribution in [0.15, 0.2) is 29.4 Å². The summed E-state index contributed by atoms with van der Waals surface area (Å²) in [4.78, 5) is 11.3. The van der Waals surface area contributed by atoms with Gasteiger partial charge in [0.2, 0.25) is 5.91 Å². The first-order valence-corrected chi connectivity index (χ1v) is 5.76. The van der Waals surface area contributed by atoms with E-state index in [0.29, 0.717) is 6.42 Å². The smallest absolute Gasteiger partial charge is 0.240 e. The third-order valence-electron chi connectivity index (χ3n) is 2.39. The van der Waals surface area contributed by atoms with Crippen LogP contribution in [0.2, 0.25) is 0 Å². The van der Waals surface area contributed by atoms with Crippen LogP contribution in [-0.2, 0) is 4.79 Å². The Balaban J connectivity index is 2.54. The number of hydrogen-bond donors (Lipinski definition) is 2. The highest BCUT2D eigenvalue weighted by molar-refractivity contribution is 5.99. The number of phenolic OH excluding ortho intramolecular Hbond substituents is 1. The van der Waals surface area contributed by atoms with Crippen LogP contribution < -0.4 is 5.43 Å². The van der Waals surface area contributed by atoms with Crippen molar-refractivity contribution in [3.05, 3.63) is 29.8 Å². The molecule has 1 aromatic rings. The second kappa shape index (κ2) is 6.68. The second-order valence-electron chi connectivity index (χ2n) is 3.88. The maximum Gasteiger partial charge on any atom is 0.240 e. The summed E-state index contributed by atoms with van der Waals surface area (Å²) in [6, 6.07) is 6.69. The molecule has 2 N–H and O–H groups in total. The van der Waals surface area contributed by atoms with E-state index in [0.717, 1.165) is 24.1 Å². The first-order chi connectivity index (χ1) is 8.13. The molecule has 0 fully saturated rings. The summed E-state index contributed by atoms with van der Waals surface area (Å²) in [5.41, 5.74) is 4.11. The summed E-state index contributed by atoms with van der Waals surface area (Å²) in [6.07, 6.45) is 2.37. The highest BCUT2D eigenvalue weighted by Gasteiger charge is 2.00. The zero-order valence-corrected chi connectivity index (χ0v) is 10.2. The summed E-state index contributed by atoms with van der Waals surface area (Å²) in [7, 11) is 0. The van der Waals surface area contributed by atoms with Crippen molar-refractivity contribution in [2.45, 2.75) is 33.1 Å². The Bertz CT molecular complexity index is 396. The molecular formula is C13H18N2O2. The van der Waals surface area contributed by atoms with Gasteiger partial charge < -0.3 is 5.11 Å². The maximum atomic E-state index is 11.3. The van der Waals surface area contributed by atoms with Crippen molar-refractivity contribution >= 4 is 11.6 Å². The largest absolute Gasteiger partial charge is 0.508 e. The number of carbonyl (C=O) groups is 1. The summed E-state index contributed by atoms with van der Waals surface area (Å²) < 4.78 is 0. The predicted octanol–water partition coefficient (Wildman–Crippen LogP) is 2.42. The Labute approximate surface area is 101 Å². The summed E-state index contributed by atoms with van der Waals surface area (Å²) >= 11 is 0. The first-order valence-electron chi connectivity index (χ1n) is 5.76. The number of hydrazone groups is 1. The standard InChI is InChI=1S/C13H18N2O2/c1-3-4-5-13(17)15-14-10(2)11-6-8-12(16)9-7-11/h6-9,16H,3-5H2,1-2H3,(H,15,17). The lowest BCUT2D eigenvalue weighted by Crippen LogP contribution is -2.18. The normalized spacial score (nSPS) is 11.3. The minimum Gasteiger partial charge on any atom is -0.508 e. The van der Waals surface area contributed by atoms with Gasteiger partial charge in [-0.05, 0) is 43.2 Å². The third-order valence-corrected chi connectivity index (χ3v) is 2.39. The quantitative estimate of drug-likeness (QED) is 0.607. The van der Waals surface area contributed by atoms with E-state index in [-0.39, 0.29) is 11.7 Å². The van der Waals surface area contributed by atoms with Gasteiger partial charge in [0.25, 0.3) is 0 Å². The van der Waals surface area contributed by atoms with Crippen molar-refractivity contribution in [1.82, 2.24) is 5.43 Å². The monoisotopic (exact) mass is 234 g/mol. The van der Waals surface area contributed by atoms with Gasteiger partial charge in [0, 0.05) is 6.42 Å². The van der Waals surface area contributed by atoms with Crippen LogP contribution in [-0.4, -0.2) is 16.7 Å². The van der Waals surface area contributed by atoms with Crippen LogP contribution in [0.1, 0.15) is 38.7 Å². The number of aromatic hydroxyl groups is 1. The molecule has 92 valence electrons. The van der Waals surface area contributed by atoms with Crippen LogP contribution in [0.25, 0.3) is 0 Å². The summed E-state index contributed by atoms with van der Waals surface area (Å²) in [5, 5.41) is 13.2. The molecule has 0 heterocycles. The molecule has 0 bridgehead atoms. The number of hydrogen-bond acceptors (Lipinski definition) is 3. The van der Waals surface area contributed by atoms with Crippen molar-refractivity contribution in [3.8, 4) is 5.75 Å². The van der Waals surface area contributed by atoms with Gasteiger partial charge >= 0.3 is 0 Å². The maximum absolute atomic E-state index is 11.3. The molecule has 0 saturated heterocycles. The zero-order valence-electron chi connectivity index (χ0n) is 10.2. The van der Waals surface area contributed by atoms with Gasteiger partial charge in [0.15, 0.2) is 0 Å². The molecule has 0 radical (unpaired) electrons. The number of amides is 1. The number of unbranched alkanes of at least 4 members (excludes halogenated alkanes) is 1. The Morgan fingerprint density at radius 3 is 2.59 bits per heavy atom. The van der Waals surface area contributed by atoms with Crippen LogP contribution in [0.3, 0.4) is 0 Å². The highest BCUT2D eigenvalue weighted by atomic mass is 16.3. The molecule has 4 heteroatoms. The zero-order chi connectivity index (χ0) is 12.7. The molecular weight excluding hydrogens is 216 g/mol. The molecule has 17 heavy (non-hydrogen) atoms. The Hall–Kier alpha value is -1.84. The molecule has 1 rings (SSSR count). The van der Waals surface area contributed by atoms with E-state index in [4.69, 9.17) is 5.11 Å². The number of nitrogens with one attached hydrogen (secondary N) is 1. The summed E-state index contributed by atoms with van der Waals surface area (Å²) in [6.45, 7) is 3.85. The number of nitrogens with zero attached hydrogens (tertiary/aromatic N) is 1. The van der Waals surface area contributed by atoms with Gasteiger partial charge in [-0.15, -0.1) is 0 Å². The average Bonchev–Trinajstić information content (AvgIpc) is 2.34. The van der Waals surface area contributed by atoms with Crippen LogP contribution in [0.5, 0.6) is 5.75 Å². The fourth-order valence-corrected chi connectivity index (χ4v) is 1.31.